The van der Waals surface area contributed by atoms with Gasteiger partial charge in [-0.15, -0.1) is 16.4 Å². The lowest BCUT2D eigenvalue weighted by atomic mass is 10.0. The van der Waals surface area contributed by atoms with Crippen LogP contribution in [0, 0.1) is 5.92 Å². The molecule has 26 heavy (non-hydrogen) atoms. The molecule has 1 aromatic carbocycles. The van der Waals surface area contributed by atoms with E-state index in [1.807, 2.05) is 29.6 Å². The Kier molecular flexibility index (Phi) is 5.32. The summed E-state index contributed by atoms with van der Waals surface area (Å²) in [6, 6.07) is 7.43. The minimum atomic E-state index is -0.441. The van der Waals surface area contributed by atoms with E-state index in [2.05, 4.69) is 29.5 Å². The van der Waals surface area contributed by atoms with Crippen molar-refractivity contribution in [1.29, 1.82) is 0 Å². The number of thiophene rings is 1. The van der Waals surface area contributed by atoms with Gasteiger partial charge in [-0.2, -0.15) is 0 Å². The van der Waals surface area contributed by atoms with E-state index in [1.54, 1.807) is 0 Å². The number of nitrogens with one attached hydrogen (secondary N) is 1. The van der Waals surface area contributed by atoms with Crippen LogP contribution < -0.4 is 5.32 Å². The number of carbonyl (C=O) groups excluding carboxylic acids is 2. The molecule has 0 saturated carbocycles. The molecule has 0 bridgehead atoms. The fourth-order valence-corrected chi connectivity index (χ4v) is 3.72. The molecular weight excluding hydrogens is 352 g/mol. The highest BCUT2D eigenvalue weighted by Crippen LogP contribution is 2.30. The molecule has 3 rings (SSSR count). The van der Waals surface area contributed by atoms with Crippen molar-refractivity contribution in [1.82, 2.24) is 15.0 Å². The molecule has 1 amide bonds. The Balaban J connectivity index is 1.80. The molecular formula is C18H20N4O3S. The van der Waals surface area contributed by atoms with E-state index in [-0.39, 0.29) is 12.5 Å². The third-order valence-electron chi connectivity index (χ3n) is 3.85. The summed E-state index contributed by atoms with van der Waals surface area (Å²) in [5, 5.41) is 13.3. The van der Waals surface area contributed by atoms with Gasteiger partial charge in [0.15, 0.2) is 0 Å². The van der Waals surface area contributed by atoms with E-state index >= 15 is 0 Å². The van der Waals surface area contributed by atoms with Crippen LogP contribution in [0.3, 0.4) is 0 Å². The van der Waals surface area contributed by atoms with Gasteiger partial charge in [0.2, 0.25) is 5.91 Å². The van der Waals surface area contributed by atoms with Gasteiger partial charge in [0, 0.05) is 0 Å². The van der Waals surface area contributed by atoms with E-state index in [1.165, 1.54) is 23.1 Å². The summed E-state index contributed by atoms with van der Waals surface area (Å²) in [6.45, 7) is 4.16. The summed E-state index contributed by atoms with van der Waals surface area (Å²) in [4.78, 5) is 24.6. The number of hydrogen-bond acceptors (Lipinski definition) is 6. The molecule has 0 unspecified atom stereocenters. The van der Waals surface area contributed by atoms with E-state index < -0.39 is 5.97 Å². The largest absolute Gasteiger partial charge is 0.465 e. The van der Waals surface area contributed by atoms with Crippen LogP contribution in [0.4, 0.5) is 5.00 Å². The number of fused-ring (bicyclic) bond motifs is 1. The number of anilines is 1. The van der Waals surface area contributed by atoms with Gasteiger partial charge in [0.25, 0.3) is 0 Å². The van der Waals surface area contributed by atoms with Gasteiger partial charge >= 0.3 is 5.97 Å². The average molecular weight is 372 g/mol. The summed E-state index contributed by atoms with van der Waals surface area (Å²) in [6.07, 6.45) is 0.741. The van der Waals surface area contributed by atoms with E-state index in [0.717, 1.165) is 23.0 Å². The van der Waals surface area contributed by atoms with E-state index in [4.69, 9.17) is 4.74 Å². The Bertz CT molecular complexity index is 945. The first-order valence-corrected chi connectivity index (χ1v) is 9.14. The molecule has 2 aromatic heterocycles. The van der Waals surface area contributed by atoms with Crippen molar-refractivity contribution in [2.75, 3.05) is 12.4 Å². The minimum absolute atomic E-state index is 0.0124. The molecule has 0 aliphatic heterocycles. The highest BCUT2D eigenvalue weighted by molar-refractivity contribution is 7.15. The lowest BCUT2D eigenvalue weighted by molar-refractivity contribution is -0.116. The normalized spacial score (nSPS) is 11.1. The number of aromatic nitrogens is 3. The predicted molar refractivity (Wildman–Crippen MR) is 100 cm³/mol. The standard InChI is InChI=1S/C18H20N4O3S/c1-11(2)8-12-10-26-17(16(12)18(24)25-3)19-15(23)9-22-14-7-5-4-6-13(14)20-21-22/h4-7,10-11H,8-9H2,1-3H3,(H,19,23). The van der Waals surface area contributed by atoms with Crippen LogP contribution in [0.5, 0.6) is 0 Å². The van der Waals surface area contributed by atoms with Gasteiger partial charge in [-0.05, 0) is 35.4 Å². The molecule has 3 aromatic rings. The number of rotatable bonds is 6. The van der Waals surface area contributed by atoms with Crippen molar-refractivity contribution in [2.45, 2.75) is 26.8 Å². The van der Waals surface area contributed by atoms with Gasteiger partial charge in [0.05, 0.1) is 18.2 Å². The maximum absolute atomic E-state index is 12.5. The Morgan fingerprint density at radius 3 is 2.81 bits per heavy atom. The summed E-state index contributed by atoms with van der Waals surface area (Å²) in [5.41, 5.74) is 2.83. The number of carbonyl (C=O) groups is 2. The maximum Gasteiger partial charge on any atom is 0.341 e. The van der Waals surface area contributed by atoms with Gasteiger partial charge in [0.1, 0.15) is 17.1 Å². The van der Waals surface area contributed by atoms with Crippen LogP contribution in [0.1, 0.15) is 29.8 Å². The van der Waals surface area contributed by atoms with Gasteiger partial charge in [-0.3, -0.25) is 4.79 Å². The molecule has 0 saturated heterocycles. The fourth-order valence-electron chi connectivity index (χ4n) is 2.74. The Morgan fingerprint density at radius 2 is 2.08 bits per heavy atom. The number of hydrogen-bond donors (Lipinski definition) is 1. The quantitative estimate of drug-likeness (QED) is 0.672. The second kappa shape index (κ2) is 7.65. The number of esters is 1. The van der Waals surface area contributed by atoms with Crippen LogP contribution in [0.25, 0.3) is 11.0 Å². The fraction of sp³-hybridized carbons (Fsp3) is 0.333. The van der Waals surface area contributed by atoms with Crippen molar-refractivity contribution >= 4 is 39.2 Å². The average Bonchev–Trinajstić information content (AvgIpc) is 3.18. The van der Waals surface area contributed by atoms with Crippen molar-refractivity contribution in [3.63, 3.8) is 0 Å². The van der Waals surface area contributed by atoms with E-state index in [9.17, 15) is 9.59 Å². The third-order valence-corrected chi connectivity index (χ3v) is 4.80. The van der Waals surface area contributed by atoms with Crippen LogP contribution in [-0.4, -0.2) is 34.0 Å². The van der Waals surface area contributed by atoms with Crippen LogP contribution in [0.2, 0.25) is 0 Å². The van der Waals surface area contributed by atoms with Gasteiger partial charge in [-0.1, -0.05) is 31.2 Å². The Morgan fingerprint density at radius 1 is 1.31 bits per heavy atom. The Hall–Kier alpha value is -2.74. The van der Waals surface area contributed by atoms with Crippen molar-refractivity contribution in [2.24, 2.45) is 5.92 Å². The molecule has 2 heterocycles. The van der Waals surface area contributed by atoms with Crippen molar-refractivity contribution in [3.05, 3.63) is 40.8 Å². The minimum Gasteiger partial charge on any atom is -0.465 e. The molecule has 0 radical (unpaired) electrons. The number of ether oxygens (including phenoxy) is 1. The van der Waals surface area contributed by atoms with Crippen LogP contribution in [-0.2, 0) is 22.5 Å². The molecule has 0 aliphatic carbocycles. The Labute approximate surface area is 155 Å². The molecule has 0 fully saturated rings. The molecule has 0 aliphatic rings. The third kappa shape index (κ3) is 3.75. The first kappa shape index (κ1) is 18.1. The summed E-state index contributed by atoms with van der Waals surface area (Å²) in [7, 11) is 1.34. The number of nitrogens with zero attached hydrogens (tertiary/aromatic N) is 3. The lowest BCUT2D eigenvalue weighted by Gasteiger charge is -2.09. The monoisotopic (exact) mass is 372 g/mol. The van der Waals surface area contributed by atoms with Crippen LogP contribution in [0.15, 0.2) is 29.6 Å². The highest BCUT2D eigenvalue weighted by Gasteiger charge is 2.22. The molecule has 0 atom stereocenters. The molecule has 136 valence electrons. The zero-order valence-corrected chi connectivity index (χ0v) is 15.7. The topological polar surface area (TPSA) is 86.1 Å². The molecule has 1 N–H and O–H groups in total. The number of benzene rings is 1. The van der Waals surface area contributed by atoms with Crippen molar-refractivity contribution < 1.29 is 14.3 Å². The van der Waals surface area contributed by atoms with Crippen LogP contribution >= 0.6 is 11.3 Å². The van der Waals surface area contributed by atoms with Gasteiger partial charge in [-0.25, -0.2) is 9.48 Å². The van der Waals surface area contributed by atoms with E-state index in [0.29, 0.717) is 16.5 Å². The highest BCUT2D eigenvalue weighted by atomic mass is 32.1. The second-order valence-corrected chi connectivity index (χ2v) is 7.22. The summed E-state index contributed by atoms with van der Waals surface area (Å²) >= 11 is 1.33. The lowest BCUT2D eigenvalue weighted by Crippen LogP contribution is -2.20. The zero-order chi connectivity index (χ0) is 18.7. The number of amides is 1. The first-order valence-electron chi connectivity index (χ1n) is 8.26. The SMILES string of the molecule is COC(=O)c1c(CC(C)C)csc1NC(=O)Cn1nnc2ccccc21. The zero-order valence-electron chi connectivity index (χ0n) is 14.9. The van der Waals surface area contributed by atoms with Gasteiger partial charge < -0.3 is 10.1 Å². The number of para-hydroxylation sites is 1. The maximum atomic E-state index is 12.5. The smallest absolute Gasteiger partial charge is 0.341 e. The second-order valence-electron chi connectivity index (χ2n) is 6.34. The summed E-state index contributed by atoms with van der Waals surface area (Å²) in [5.74, 6) is -0.328. The molecule has 8 heteroatoms. The summed E-state index contributed by atoms with van der Waals surface area (Å²) < 4.78 is 6.42. The molecule has 0 spiro atoms. The predicted octanol–water partition coefficient (Wildman–Crippen LogP) is 3.12. The van der Waals surface area contributed by atoms with Crippen molar-refractivity contribution in [3.8, 4) is 0 Å². The molecule has 7 nitrogen and oxygen atoms in total. The first-order chi connectivity index (χ1) is 12.5. The number of methoxy groups -OCH3 is 1.